The van der Waals surface area contributed by atoms with E-state index in [0.717, 1.165) is 16.7 Å². The fourth-order valence-electron chi connectivity index (χ4n) is 2.81. The van der Waals surface area contributed by atoms with Crippen molar-refractivity contribution in [2.75, 3.05) is 0 Å². The van der Waals surface area contributed by atoms with E-state index in [9.17, 15) is 14.3 Å². The monoisotopic (exact) mass is 297 g/mol. The van der Waals surface area contributed by atoms with Crippen molar-refractivity contribution in [1.29, 1.82) is 0 Å². The van der Waals surface area contributed by atoms with Gasteiger partial charge in [0.25, 0.3) is 0 Å². The van der Waals surface area contributed by atoms with Gasteiger partial charge in [0.2, 0.25) is 0 Å². The van der Waals surface area contributed by atoms with Crippen molar-refractivity contribution in [2.24, 2.45) is 0 Å². The first-order valence-corrected chi connectivity index (χ1v) is 7.06. The standard InChI is InChI=1S/C18H16FNO2/c1-10-6-7-11(2)13(8-10)17-14(9-16(21)22)12-4-3-5-15(19)18(12)20-17/h3-8,20H,9H2,1-2H3,(H,21,22). The van der Waals surface area contributed by atoms with E-state index in [1.807, 2.05) is 32.0 Å². The van der Waals surface area contributed by atoms with Crippen molar-refractivity contribution in [1.82, 2.24) is 4.98 Å². The summed E-state index contributed by atoms with van der Waals surface area (Å²) in [6.45, 7) is 3.93. The quantitative estimate of drug-likeness (QED) is 0.760. The number of hydrogen-bond donors (Lipinski definition) is 2. The highest BCUT2D eigenvalue weighted by Gasteiger charge is 2.18. The number of carboxylic acid groups (broad SMARTS) is 1. The molecule has 0 amide bonds. The van der Waals surface area contributed by atoms with E-state index in [0.29, 0.717) is 22.2 Å². The van der Waals surface area contributed by atoms with Gasteiger partial charge < -0.3 is 10.1 Å². The Morgan fingerprint density at radius 3 is 2.73 bits per heavy atom. The van der Waals surface area contributed by atoms with Crippen LogP contribution in [0.3, 0.4) is 0 Å². The van der Waals surface area contributed by atoms with E-state index in [1.54, 1.807) is 12.1 Å². The molecule has 2 N–H and O–H groups in total. The Hall–Kier alpha value is -2.62. The van der Waals surface area contributed by atoms with Crippen LogP contribution in [0, 0.1) is 19.7 Å². The van der Waals surface area contributed by atoms with Crippen LogP contribution < -0.4 is 0 Å². The van der Waals surface area contributed by atoms with E-state index in [1.165, 1.54) is 6.07 Å². The lowest BCUT2D eigenvalue weighted by atomic mass is 9.98. The van der Waals surface area contributed by atoms with Crippen LogP contribution in [0.4, 0.5) is 4.39 Å². The highest BCUT2D eigenvalue weighted by molar-refractivity contribution is 5.94. The minimum absolute atomic E-state index is 0.147. The van der Waals surface area contributed by atoms with Crippen LogP contribution in [0.25, 0.3) is 22.2 Å². The van der Waals surface area contributed by atoms with Gasteiger partial charge in [-0.1, -0.05) is 29.8 Å². The number of aryl methyl sites for hydroxylation is 2. The number of rotatable bonds is 3. The third-order valence-electron chi connectivity index (χ3n) is 3.88. The summed E-state index contributed by atoms with van der Waals surface area (Å²) in [5.74, 6) is -1.31. The molecule has 1 heterocycles. The first-order valence-electron chi connectivity index (χ1n) is 7.06. The number of H-pyrrole nitrogens is 1. The van der Waals surface area contributed by atoms with E-state index < -0.39 is 5.97 Å². The van der Waals surface area contributed by atoms with Gasteiger partial charge in [0, 0.05) is 10.9 Å². The van der Waals surface area contributed by atoms with Gasteiger partial charge in [-0.2, -0.15) is 0 Å². The molecule has 0 fully saturated rings. The van der Waals surface area contributed by atoms with Crippen molar-refractivity contribution in [3.8, 4) is 11.3 Å². The summed E-state index contributed by atoms with van der Waals surface area (Å²) in [6.07, 6.45) is -0.147. The average molecular weight is 297 g/mol. The summed E-state index contributed by atoms with van der Waals surface area (Å²) in [4.78, 5) is 14.3. The molecule has 0 aliphatic heterocycles. The Labute approximate surface area is 127 Å². The average Bonchev–Trinajstić information content (AvgIpc) is 2.81. The maximum absolute atomic E-state index is 14.0. The van der Waals surface area contributed by atoms with E-state index in [4.69, 9.17) is 0 Å². The van der Waals surface area contributed by atoms with E-state index in [-0.39, 0.29) is 12.2 Å². The van der Waals surface area contributed by atoms with Gasteiger partial charge in [-0.3, -0.25) is 4.79 Å². The number of halogens is 1. The van der Waals surface area contributed by atoms with E-state index in [2.05, 4.69) is 4.98 Å². The number of hydrogen-bond acceptors (Lipinski definition) is 1. The smallest absolute Gasteiger partial charge is 0.307 e. The molecule has 112 valence electrons. The maximum Gasteiger partial charge on any atom is 0.307 e. The fraction of sp³-hybridized carbons (Fsp3) is 0.167. The molecule has 3 rings (SSSR count). The summed E-state index contributed by atoms with van der Waals surface area (Å²) >= 11 is 0. The summed E-state index contributed by atoms with van der Waals surface area (Å²) < 4.78 is 14.0. The van der Waals surface area contributed by atoms with Crippen molar-refractivity contribution >= 4 is 16.9 Å². The van der Waals surface area contributed by atoms with Gasteiger partial charge in [-0.15, -0.1) is 0 Å². The van der Waals surface area contributed by atoms with Crippen LogP contribution in [-0.4, -0.2) is 16.1 Å². The number of aliphatic carboxylic acids is 1. The largest absolute Gasteiger partial charge is 0.481 e. The summed E-state index contributed by atoms with van der Waals surface area (Å²) in [7, 11) is 0. The zero-order chi connectivity index (χ0) is 15.9. The van der Waals surface area contributed by atoms with Crippen molar-refractivity contribution in [3.63, 3.8) is 0 Å². The third-order valence-corrected chi connectivity index (χ3v) is 3.88. The minimum atomic E-state index is -0.934. The SMILES string of the molecule is Cc1ccc(C)c(-c2[nH]c3c(F)cccc3c2CC(=O)O)c1. The Bertz CT molecular complexity index is 880. The van der Waals surface area contributed by atoms with Gasteiger partial charge >= 0.3 is 5.97 Å². The second-order valence-corrected chi connectivity index (χ2v) is 5.53. The molecule has 4 heteroatoms. The number of aromatic nitrogens is 1. The zero-order valence-corrected chi connectivity index (χ0v) is 12.4. The molecule has 0 saturated carbocycles. The minimum Gasteiger partial charge on any atom is -0.481 e. The van der Waals surface area contributed by atoms with Gasteiger partial charge in [0.1, 0.15) is 5.82 Å². The number of benzene rings is 2. The number of fused-ring (bicyclic) bond motifs is 1. The van der Waals surface area contributed by atoms with Gasteiger partial charge in [-0.25, -0.2) is 4.39 Å². The summed E-state index contributed by atoms with van der Waals surface area (Å²) in [5.41, 5.74) is 4.66. The van der Waals surface area contributed by atoms with Crippen molar-refractivity contribution in [3.05, 3.63) is 58.9 Å². The molecule has 0 spiro atoms. The first kappa shape index (κ1) is 14.3. The highest BCUT2D eigenvalue weighted by Crippen LogP contribution is 2.34. The number of carbonyl (C=O) groups is 1. The number of carboxylic acids is 1. The van der Waals surface area contributed by atoms with Gasteiger partial charge in [0.15, 0.2) is 0 Å². The molecule has 0 radical (unpaired) electrons. The summed E-state index contributed by atoms with van der Waals surface area (Å²) in [5, 5.41) is 9.83. The Balaban J connectivity index is 2.35. The zero-order valence-electron chi connectivity index (χ0n) is 12.4. The van der Waals surface area contributed by atoms with Gasteiger partial charge in [-0.05, 0) is 37.1 Å². The summed E-state index contributed by atoms with van der Waals surface area (Å²) in [6, 6.07) is 10.7. The lowest BCUT2D eigenvalue weighted by molar-refractivity contribution is -0.136. The first-order chi connectivity index (χ1) is 10.5. The lowest BCUT2D eigenvalue weighted by Crippen LogP contribution is -2.01. The molecular weight excluding hydrogens is 281 g/mol. The molecule has 22 heavy (non-hydrogen) atoms. The molecule has 0 bridgehead atoms. The molecule has 3 aromatic rings. The number of para-hydroxylation sites is 1. The predicted octanol–water partition coefficient (Wildman–Crippen LogP) is 4.22. The molecule has 0 unspecified atom stereocenters. The Morgan fingerprint density at radius 2 is 2.00 bits per heavy atom. The Kier molecular flexibility index (Phi) is 3.45. The molecule has 0 saturated heterocycles. The van der Waals surface area contributed by atoms with Crippen LogP contribution in [0.15, 0.2) is 36.4 Å². The van der Waals surface area contributed by atoms with E-state index >= 15 is 0 Å². The van der Waals surface area contributed by atoms with Gasteiger partial charge in [0.05, 0.1) is 17.6 Å². The molecule has 0 aliphatic carbocycles. The highest BCUT2D eigenvalue weighted by atomic mass is 19.1. The molecular formula is C18H16FNO2. The van der Waals surface area contributed by atoms with Crippen molar-refractivity contribution < 1.29 is 14.3 Å². The van der Waals surface area contributed by atoms with Crippen LogP contribution in [0.2, 0.25) is 0 Å². The molecule has 0 atom stereocenters. The number of nitrogens with one attached hydrogen (secondary N) is 1. The molecule has 0 aliphatic rings. The van der Waals surface area contributed by atoms with Crippen LogP contribution in [0.1, 0.15) is 16.7 Å². The topological polar surface area (TPSA) is 53.1 Å². The normalized spacial score (nSPS) is 11.0. The van der Waals surface area contributed by atoms with Crippen molar-refractivity contribution in [2.45, 2.75) is 20.3 Å². The maximum atomic E-state index is 14.0. The predicted molar refractivity (Wildman–Crippen MR) is 84.5 cm³/mol. The van der Waals surface area contributed by atoms with Crippen LogP contribution in [-0.2, 0) is 11.2 Å². The third kappa shape index (κ3) is 2.37. The molecule has 3 nitrogen and oxygen atoms in total. The fourth-order valence-corrected chi connectivity index (χ4v) is 2.81. The van der Waals surface area contributed by atoms with Crippen LogP contribution >= 0.6 is 0 Å². The number of aromatic amines is 1. The van der Waals surface area contributed by atoms with Crippen LogP contribution in [0.5, 0.6) is 0 Å². The second kappa shape index (κ2) is 5.30. The molecule has 2 aromatic carbocycles. The Morgan fingerprint density at radius 1 is 1.23 bits per heavy atom. The second-order valence-electron chi connectivity index (χ2n) is 5.53. The lowest BCUT2D eigenvalue weighted by Gasteiger charge is -2.08. The molecule has 1 aromatic heterocycles.